The molecule has 8 nitrogen and oxygen atoms in total. The summed E-state index contributed by atoms with van der Waals surface area (Å²) in [5.41, 5.74) is 3.08. The number of para-hydroxylation sites is 1. The van der Waals surface area contributed by atoms with Crippen LogP contribution in [0, 0.1) is 40.9 Å². The quantitative estimate of drug-likeness (QED) is 0.239. The van der Waals surface area contributed by atoms with Crippen molar-refractivity contribution >= 4 is 28.5 Å². The van der Waals surface area contributed by atoms with Crippen molar-refractivity contribution in [1.82, 2.24) is 10.3 Å². The molecule has 2 aromatic rings. The molecule has 43 heavy (non-hydrogen) atoms. The topological polar surface area (TPSA) is 113 Å². The van der Waals surface area contributed by atoms with E-state index in [4.69, 9.17) is 16.0 Å². The second-order valence-electron chi connectivity index (χ2n) is 13.6. The summed E-state index contributed by atoms with van der Waals surface area (Å²) in [6.45, 7) is 4.35. The second-order valence-corrected chi connectivity index (χ2v) is 13.6. The van der Waals surface area contributed by atoms with Crippen molar-refractivity contribution in [3.63, 3.8) is 0 Å². The van der Waals surface area contributed by atoms with Crippen LogP contribution < -0.4 is 5.32 Å². The Bertz CT molecular complexity index is 1520. The van der Waals surface area contributed by atoms with E-state index in [2.05, 4.69) is 41.3 Å². The average Bonchev–Trinajstić information content (AvgIpc) is 3.54. The van der Waals surface area contributed by atoms with E-state index in [1.165, 1.54) is 12.7 Å². The third kappa shape index (κ3) is 4.96. The van der Waals surface area contributed by atoms with E-state index < -0.39 is 23.5 Å². The number of nitrogens with zero attached hydrogens (tertiary/aromatic N) is 1. The molecular formula is C35H43N3O5. The SMILES string of the molecule is C#C[C@@]1(O)CC[C@@H]2[C@@H]3CCC4=C/C(=N\OCC(=O)N[C@H](Cc5c[nH]c6ccccc56)C(=O)OC)CC[C@]4(C)[C@H]3CC[C@@]21C. The molecule has 1 amide bonds. The number of hydrogen-bond donors (Lipinski definition) is 3. The largest absolute Gasteiger partial charge is 0.467 e. The van der Waals surface area contributed by atoms with Crippen molar-refractivity contribution < 1.29 is 24.3 Å². The zero-order valence-corrected chi connectivity index (χ0v) is 25.4. The molecule has 3 saturated carbocycles. The number of methoxy groups -OCH3 is 1. The van der Waals surface area contributed by atoms with Crippen LogP contribution in [-0.4, -0.2) is 53.0 Å². The molecule has 0 spiro atoms. The molecular weight excluding hydrogens is 542 g/mol. The van der Waals surface area contributed by atoms with Crippen LogP contribution in [-0.2, 0) is 25.6 Å². The number of H-pyrrole nitrogens is 1. The molecule has 8 heteroatoms. The maximum Gasteiger partial charge on any atom is 0.328 e. The van der Waals surface area contributed by atoms with Crippen LogP contribution in [0.25, 0.3) is 10.9 Å². The molecule has 6 rings (SSSR count). The fourth-order valence-electron chi connectivity index (χ4n) is 9.16. The first-order valence-electron chi connectivity index (χ1n) is 15.6. The van der Waals surface area contributed by atoms with Gasteiger partial charge >= 0.3 is 5.97 Å². The number of fused-ring (bicyclic) bond motifs is 6. The number of amides is 1. The van der Waals surface area contributed by atoms with Crippen LogP contribution in [0.2, 0.25) is 0 Å². The van der Waals surface area contributed by atoms with Crippen LogP contribution in [0.4, 0.5) is 0 Å². The highest BCUT2D eigenvalue weighted by molar-refractivity contribution is 5.96. The molecule has 1 aromatic carbocycles. The summed E-state index contributed by atoms with van der Waals surface area (Å²) < 4.78 is 4.95. The number of esters is 1. The summed E-state index contributed by atoms with van der Waals surface area (Å²) in [6, 6.07) is 6.98. The van der Waals surface area contributed by atoms with Crippen molar-refractivity contribution in [2.45, 2.75) is 83.3 Å². The first-order valence-corrected chi connectivity index (χ1v) is 15.6. The number of rotatable bonds is 7. The van der Waals surface area contributed by atoms with Crippen LogP contribution in [0.3, 0.4) is 0 Å². The van der Waals surface area contributed by atoms with Crippen LogP contribution >= 0.6 is 0 Å². The summed E-state index contributed by atoms with van der Waals surface area (Å²) >= 11 is 0. The Kier molecular flexibility index (Phi) is 7.66. The number of aromatic amines is 1. The summed E-state index contributed by atoms with van der Waals surface area (Å²) in [7, 11) is 1.31. The van der Waals surface area contributed by atoms with Crippen LogP contribution in [0.15, 0.2) is 47.3 Å². The minimum atomic E-state index is -0.983. The van der Waals surface area contributed by atoms with Gasteiger partial charge in [-0.2, -0.15) is 0 Å². The molecule has 0 radical (unpaired) electrons. The maximum atomic E-state index is 12.8. The number of allylic oxidation sites excluding steroid dienone is 2. The summed E-state index contributed by atoms with van der Waals surface area (Å²) in [6.07, 6.45) is 17.8. The van der Waals surface area contributed by atoms with E-state index in [-0.39, 0.29) is 17.4 Å². The van der Waals surface area contributed by atoms with Gasteiger partial charge in [0, 0.05) is 28.9 Å². The highest BCUT2D eigenvalue weighted by Crippen LogP contribution is 2.67. The van der Waals surface area contributed by atoms with Gasteiger partial charge in [0.05, 0.1) is 12.8 Å². The van der Waals surface area contributed by atoms with Gasteiger partial charge in [0.2, 0.25) is 0 Å². The number of benzene rings is 1. The number of aliphatic hydroxyl groups is 1. The number of hydrogen-bond acceptors (Lipinski definition) is 6. The molecule has 0 aliphatic heterocycles. The molecule has 0 bridgehead atoms. The normalized spacial score (nSPS) is 34.7. The molecule has 4 aliphatic carbocycles. The van der Waals surface area contributed by atoms with Gasteiger partial charge in [-0.3, -0.25) is 4.79 Å². The van der Waals surface area contributed by atoms with Crippen LogP contribution in [0.5, 0.6) is 0 Å². The number of oxime groups is 1. The Hall–Kier alpha value is -3.57. The van der Waals surface area contributed by atoms with E-state index in [1.54, 1.807) is 0 Å². The predicted molar refractivity (Wildman–Crippen MR) is 165 cm³/mol. The zero-order valence-electron chi connectivity index (χ0n) is 25.4. The van der Waals surface area contributed by atoms with Gasteiger partial charge in [-0.05, 0) is 92.2 Å². The van der Waals surface area contributed by atoms with E-state index in [1.807, 2.05) is 30.5 Å². The molecule has 1 heterocycles. The van der Waals surface area contributed by atoms with E-state index in [0.29, 0.717) is 30.6 Å². The Morgan fingerprint density at radius 3 is 2.74 bits per heavy atom. The number of terminal acetylenes is 1. The number of carbonyl (C=O) groups is 2. The predicted octanol–water partition coefficient (Wildman–Crippen LogP) is 5.07. The average molecular weight is 586 g/mol. The van der Waals surface area contributed by atoms with E-state index in [9.17, 15) is 14.7 Å². The molecule has 3 N–H and O–H groups in total. The first kappa shape index (κ1) is 29.5. The lowest BCUT2D eigenvalue weighted by Gasteiger charge is -2.58. The molecule has 0 saturated heterocycles. The van der Waals surface area contributed by atoms with Crippen molar-refractivity contribution in [2.75, 3.05) is 13.7 Å². The number of ether oxygens (including phenoxy) is 1. The molecule has 228 valence electrons. The number of nitrogens with one attached hydrogen (secondary N) is 2. The van der Waals surface area contributed by atoms with Gasteiger partial charge in [0.25, 0.3) is 5.91 Å². The minimum Gasteiger partial charge on any atom is -0.467 e. The highest BCUT2D eigenvalue weighted by atomic mass is 16.6. The Balaban J connectivity index is 1.08. The zero-order chi connectivity index (χ0) is 30.4. The maximum absolute atomic E-state index is 12.8. The third-order valence-corrected chi connectivity index (χ3v) is 11.7. The standard InChI is InChI=1S/C35H43N3O5/c1-5-35(41)17-14-28-26-11-10-23-19-24(12-15-33(23,2)27(26)13-16-34(28,35)3)38-43-21-31(39)37-30(32(40)42-4)18-22-20-36-29-9-7-6-8-25(22)29/h1,6-9,19-20,26-28,30,36,41H,10-18,21H2,2-4H3,(H,37,39)/b38-24-/t26-,27+,28-,30-,33+,34+,35-/m1/s1. The van der Waals surface area contributed by atoms with E-state index >= 15 is 0 Å². The molecule has 3 fully saturated rings. The fraction of sp³-hybridized carbons (Fsp3) is 0.571. The van der Waals surface area contributed by atoms with E-state index in [0.717, 1.165) is 67.1 Å². The minimum absolute atomic E-state index is 0.105. The van der Waals surface area contributed by atoms with Crippen molar-refractivity contribution in [3.05, 3.63) is 47.7 Å². The van der Waals surface area contributed by atoms with Gasteiger partial charge in [-0.1, -0.05) is 48.7 Å². The Morgan fingerprint density at radius 2 is 1.95 bits per heavy atom. The van der Waals surface area contributed by atoms with Crippen molar-refractivity contribution in [1.29, 1.82) is 0 Å². The smallest absolute Gasteiger partial charge is 0.328 e. The lowest BCUT2D eigenvalue weighted by molar-refractivity contribution is -0.145. The number of aromatic nitrogens is 1. The Labute approximate surface area is 253 Å². The summed E-state index contributed by atoms with van der Waals surface area (Å²) in [4.78, 5) is 33.9. The monoisotopic (exact) mass is 585 g/mol. The molecule has 7 atom stereocenters. The van der Waals surface area contributed by atoms with Gasteiger partial charge in [-0.15, -0.1) is 6.42 Å². The van der Waals surface area contributed by atoms with Gasteiger partial charge in [0.15, 0.2) is 6.61 Å². The lowest BCUT2D eigenvalue weighted by Crippen LogP contribution is -2.54. The fourth-order valence-corrected chi connectivity index (χ4v) is 9.16. The van der Waals surface area contributed by atoms with Crippen LogP contribution in [0.1, 0.15) is 70.8 Å². The second kappa shape index (κ2) is 11.2. The van der Waals surface area contributed by atoms with Gasteiger partial charge in [-0.25, -0.2) is 4.79 Å². The van der Waals surface area contributed by atoms with Gasteiger partial charge in [0.1, 0.15) is 11.6 Å². The summed E-state index contributed by atoms with van der Waals surface area (Å²) in [5, 5.41) is 19.3. The molecule has 0 unspecified atom stereocenters. The van der Waals surface area contributed by atoms with Gasteiger partial charge < -0.3 is 25.0 Å². The lowest BCUT2D eigenvalue weighted by atomic mass is 9.46. The summed E-state index contributed by atoms with van der Waals surface area (Å²) in [5.74, 6) is 3.45. The third-order valence-electron chi connectivity index (χ3n) is 11.7. The van der Waals surface area contributed by atoms with Crippen molar-refractivity contribution in [3.8, 4) is 12.3 Å². The first-order chi connectivity index (χ1) is 20.6. The molecule has 1 aromatic heterocycles. The number of carbonyl (C=O) groups excluding carboxylic acids is 2. The molecule has 4 aliphatic rings. The van der Waals surface area contributed by atoms with Crippen molar-refractivity contribution in [2.24, 2.45) is 33.7 Å². The Morgan fingerprint density at radius 1 is 1.16 bits per heavy atom. The highest BCUT2D eigenvalue weighted by Gasteiger charge is 2.63.